The van der Waals surface area contributed by atoms with Crippen molar-refractivity contribution in [1.82, 2.24) is 0 Å². The molecule has 0 amide bonds. The lowest BCUT2D eigenvalue weighted by molar-refractivity contribution is -0.142. The maximum absolute atomic E-state index is 11.1. The second-order valence-electron chi connectivity index (χ2n) is 3.22. The molecule has 0 aromatic rings. The average molecular weight is 170 g/mol. The Kier molecular flexibility index (Phi) is 2.87. The van der Waals surface area contributed by atoms with Gasteiger partial charge >= 0.3 is 5.97 Å². The maximum Gasteiger partial charge on any atom is 0.333 e. The van der Waals surface area contributed by atoms with E-state index in [1.54, 1.807) is 0 Å². The summed E-state index contributed by atoms with van der Waals surface area (Å²) in [5.41, 5.74) is 0.506. The van der Waals surface area contributed by atoms with Gasteiger partial charge < -0.3 is 9.47 Å². The molecule has 12 heavy (non-hydrogen) atoms. The van der Waals surface area contributed by atoms with Gasteiger partial charge in [-0.15, -0.1) is 0 Å². The number of carbonyl (C=O) groups excluding carboxylic acids is 1. The van der Waals surface area contributed by atoms with E-state index in [0.29, 0.717) is 12.0 Å². The summed E-state index contributed by atoms with van der Waals surface area (Å²) in [6.45, 7) is 8.01. The van der Waals surface area contributed by atoms with Crippen LogP contribution in [0.15, 0.2) is 12.2 Å². The molecule has 0 radical (unpaired) electrons. The molecule has 0 aromatic carbocycles. The van der Waals surface area contributed by atoms with Gasteiger partial charge in [-0.25, -0.2) is 4.79 Å². The van der Waals surface area contributed by atoms with Gasteiger partial charge in [0.05, 0.1) is 18.8 Å². The highest BCUT2D eigenvalue weighted by molar-refractivity contribution is 5.87. The van der Waals surface area contributed by atoms with Crippen LogP contribution in [-0.2, 0) is 14.3 Å². The molecule has 1 aliphatic rings. The molecule has 1 unspecified atom stereocenters. The molecule has 0 aromatic heterocycles. The zero-order valence-electron chi connectivity index (χ0n) is 7.50. The summed E-state index contributed by atoms with van der Waals surface area (Å²) < 4.78 is 9.91. The molecule has 3 heteroatoms. The van der Waals surface area contributed by atoms with Crippen molar-refractivity contribution < 1.29 is 14.3 Å². The first-order valence-electron chi connectivity index (χ1n) is 4.10. The molecule has 68 valence electrons. The smallest absolute Gasteiger partial charge is 0.333 e. The first-order valence-corrected chi connectivity index (χ1v) is 4.10. The Labute approximate surface area is 72.4 Å². The van der Waals surface area contributed by atoms with Gasteiger partial charge in [0, 0.05) is 12.0 Å². The van der Waals surface area contributed by atoms with Crippen LogP contribution >= 0.6 is 0 Å². The van der Waals surface area contributed by atoms with Crippen molar-refractivity contribution in [1.29, 1.82) is 0 Å². The van der Waals surface area contributed by atoms with Crippen LogP contribution in [0.4, 0.5) is 0 Å². The molecule has 1 saturated heterocycles. The van der Waals surface area contributed by atoms with Crippen molar-refractivity contribution in [2.45, 2.75) is 32.5 Å². The summed E-state index contributed by atoms with van der Waals surface area (Å²) in [6.07, 6.45) is 0.734. The van der Waals surface area contributed by atoms with Crippen LogP contribution < -0.4 is 0 Å². The lowest BCUT2D eigenvalue weighted by Gasteiger charge is -2.08. The Morgan fingerprint density at radius 2 is 2.33 bits per heavy atom. The zero-order chi connectivity index (χ0) is 9.14. The summed E-state index contributed by atoms with van der Waals surface area (Å²) in [5.74, 6) is -0.305. The minimum atomic E-state index is -0.305. The first kappa shape index (κ1) is 9.26. The van der Waals surface area contributed by atoms with Crippen LogP contribution in [0.2, 0.25) is 0 Å². The molecule has 0 spiro atoms. The SMILES string of the molecule is C=C(CC1CO1)C(=O)OC(C)C. The molecule has 1 rings (SSSR count). The fourth-order valence-corrected chi connectivity index (χ4v) is 0.841. The molecule has 1 fully saturated rings. The van der Waals surface area contributed by atoms with Crippen LogP contribution in [0.5, 0.6) is 0 Å². The summed E-state index contributed by atoms with van der Waals surface area (Å²) in [5, 5.41) is 0. The summed E-state index contributed by atoms with van der Waals surface area (Å²) in [6, 6.07) is 0. The second kappa shape index (κ2) is 3.72. The number of hydrogen-bond acceptors (Lipinski definition) is 3. The molecule has 3 nitrogen and oxygen atoms in total. The molecule has 1 heterocycles. The van der Waals surface area contributed by atoms with E-state index in [2.05, 4.69) is 6.58 Å². The minimum absolute atomic E-state index is 0.0747. The predicted octanol–water partition coefficient (Wildman–Crippen LogP) is 1.28. The number of epoxide rings is 1. The van der Waals surface area contributed by atoms with E-state index >= 15 is 0 Å². The Hall–Kier alpha value is -0.830. The van der Waals surface area contributed by atoms with E-state index in [1.165, 1.54) is 0 Å². The highest BCUT2D eigenvalue weighted by Crippen LogP contribution is 2.18. The molecule has 0 saturated carbocycles. The van der Waals surface area contributed by atoms with Gasteiger partial charge in [0.25, 0.3) is 0 Å². The fraction of sp³-hybridized carbons (Fsp3) is 0.667. The van der Waals surface area contributed by atoms with E-state index in [0.717, 1.165) is 6.61 Å². The number of carbonyl (C=O) groups is 1. The van der Waals surface area contributed by atoms with Crippen LogP contribution in [0.25, 0.3) is 0 Å². The van der Waals surface area contributed by atoms with Crippen LogP contribution in [0.1, 0.15) is 20.3 Å². The Bertz CT molecular complexity index is 178. The molecule has 0 N–H and O–H groups in total. The fourth-order valence-electron chi connectivity index (χ4n) is 0.841. The quantitative estimate of drug-likeness (QED) is 0.362. The van der Waals surface area contributed by atoms with E-state index in [9.17, 15) is 4.79 Å². The van der Waals surface area contributed by atoms with Gasteiger partial charge in [-0.2, -0.15) is 0 Å². The van der Waals surface area contributed by atoms with Gasteiger partial charge in [0.1, 0.15) is 0 Å². The summed E-state index contributed by atoms with van der Waals surface area (Å²) in [7, 11) is 0. The van der Waals surface area contributed by atoms with Crippen LogP contribution in [0.3, 0.4) is 0 Å². The third-order valence-corrected chi connectivity index (χ3v) is 1.51. The Morgan fingerprint density at radius 3 is 2.75 bits per heavy atom. The number of ether oxygens (including phenoxy) is 2. The predicted molar refractivity (Wildman–Crippen MR) is 44.7 cm³/mol. The summed E-state index contributed by atoms with van der Waals surface area (Å²) in [4.78, 5) is 11.1. The number of rotatable bonds is 4. The molecule has 0 aliphatic carbocycles. The maximum atomic E-state index is 11.1. The monoisotopic (exact) mass is 170 g/mol. The highest BCUT2D eigenvalue weighted by Gasteiger charge is 2.26. The summed E-state index contributed by atoms with van der Waals surface area (Å²) >= 11 is 0. The third-order valence-electron chi connectivity index (χ3n) is 1.51. The largest absolute Gasteiger partial charge is 0.460 e. The number of esters is 1. The van der Waals surface area contributed by atoms with E-state index < -0.39 is 0 Å². The van der Waals surface area contributed by atoms with Crippen LogP contribution in [0, 0.1) is 0 Å². The molecule has 0 bridgehead atoms. The highest BCUT2D eigenvalue weighted by atomic mass is 16.6. The van der Waals surface area contributed by atoms with Gasteiger partial charge in [-0.05, 0) is 13.8 Å². The van der Waals surface area contributed by atoms with Crippen molar-refractivity contribution in [3.63, 3.8) is 0 Å². The van der Waals surface area contributed by atoms with Gasteiger partial charge in [0.15, 0.2) is 0 Å². The zero-order valence-corrected chi connectivity index (χ0v) is 7.50. The topological polar surface area (TPSA) is 38.8 Å². The normalized spacial score (nSPS) is 20.8. The van der Waals surface area contributed by atoms with E-state index in [4.69, 9.17) is 9.47 Å². The van der Waals surface area contributed by atoms with Crippen molar-refractivity contribution >= 4 is 5.97 Å². The van der Waals surface area contributed by atoms with Gasteiger partial charge in [-0.3, -0.25) is 0 Å². The first-order chi connectivity index (χ1) is 5.59. The lowest BCUT2D eigenvalue weighted by atomic mass is 10.2. The third kappa shape index (κ3) is 3.05. The molecular weight excluding hydrogens is 156 g/mol. The van der Waals surface area contributed by atoms with Gasteiger partial charge in [0.2, 0.25) is 0 Å². The van der Waals surface area contributed by atoms with E-state index in [-0.39, 0.29) is 18.2 Å². The van der Waals surface area contributed by atoms with Crippen LogP contribution in [-0.4, -0.2) is 24.8 Å². The van der Waals surface area contributed by atoms with Crippen molar-refractivity contribution in [2.24, 2.45) is 0 Å². The molecular formula is C9H14O3. The Balaban J connectivity index is 2.25. The lowest BCUT2D eigenvalue weighted by Crippen LogP contribution is -2.14. The minimum Gasteiger partial charge on any atom is -0.460 e. The number of hydrogen-bond donors (Lipinski definition) is 0. The average Bonchev–Trinajstić information content (AvgIpc) is 2.70. The molecule has 1 atom stereocenters. The van der Waals surface area contributed by atoms with E-state index in [1.807, 2.05) is 13.8 Å². The Morgan fingerprint density at radius 1 is 1.75 bits per heavy atom. The van der Waals surface area contributed by atoms with Crippen molar-refractivity contribution in [2.75, 3.05) is 6.61 Å². The second-order valence-corrected chi connectivity index (χ2v) is 3.22. The van der Waals surface area contributed by atoms with Crippen molar-refractivity contribution in [3.8, 4) is 0 Å². The molecule has 1 aliphatic heterocycles. The standard InChI is InChI=1S/C9H14O3/c1-6(2)12-9(10)7(3)4-8-5-11-8/h6,8H,3-5H2,1-2H3. The van der Waals surface area contributed by atoms with Crippen molar-refractivity contribution in [3.05, 3.63) is 12.2 Å². The van der Waals surface area contributed by atoms with Gasteiger partial charge in [-0.1, -0.05) is 6.58 Å².